The first-order chi connectivity index (χ1) is 10.2. The molecule has 0 aliphatic heterocycles. The summed E-state index contributed by atoms with van der Waals surface area (Å²) in [6.45, 7) is 4.00. The minimum atomic E-state index is -0.260. The van der Waals surface area contributed by atoms with Gasteiger partial charge in [-0.3, -0.25) is 10.1 Å². The fraction of sp³-hybridized carbons (Fsp3) is 0.333. The molecule has 0 saturated carbocycles. The zero-order valence-electron chi connectivity index (χ0n) is 12.1. The van der Waals surface area contributed by atoms with Crippen LogP contribution in [0.2, 0.25) is 0 Å². The quantitative estimate of drug-likeness (QED) is 0.862. The van der Waals surface area contributed by atoms with E-state index in [0.29, 0.717) is 11.4 Å². The number of nitrogens with zero attached hydrogens (tertiary/aromatic N) is 3. The molecule has 0 atom stereocenters. The van der Waals surface area contributed by atoms with E-state index < -0.39 is 0 Å². The van der Waals surface area contributed by atoms with Crippen LogP contribution in [0.15, 0.2) is 24.3 Å². The highest BCUT2D eigenvalue weighted by molar-refractivity contribution is 6.17. The van der Waals surface area contributed by atoms with E-state index in [2.05, 4.69) is 20.5 Å². The predicted molar refractivity (Wildman–Crippen MR) is 82.5 cm³/mol. The Bertz CT molecular complexity index is 628. The van der Waals surface area contributed by atoms with Gasteiger partial charge in [0.2, 0.25) is 5.95 Å². The summed E-state index contributed by atoms with van der Waals surface area (Å²) in [6.07, 6.45) is 1.53. The molecule has 21 heavy (non-hydrogen) atoms. The predicted octanol–water partition coefficient (Wildman–Crippen LogP) is 2.99. The summed E-state index contributed by atoms with van der Waals surface area (Å²) in [7, 11) is 0. The molecule has 110 valence electrons. The molecule has 2 rings (SSSR count). The van der Waals surface area contributed by atoms with Gasteiger partial charge in [0.25, 0.3) is 5.91 Å². The van der Waals surface area contributed by atoms with Crippen LogP contribution in [0.4, 0.5) is 5.95 Å². The van der Waals surface area contributed by atoms with Crippen LogP contribution in [0.1, 0.15) is 41.2 Å². The van der Waals surface area contributed by atoms with Gasteiger partial charge in [0.1, 0.15) is 0 Å². The largest absolute Gasteiger partial charge is 0.289 e. The molecule has 1 N–H and O–H groups in total. The van der Waals surface area contributed by atoms with Gasteiger partial charge < -0.3 is 0 Å². The zero-order valence-corrected chi connectivity index (χ0v) is 12.8. The minimum absolute atomic E-state index is 0.232. The Labute approximate surface area is 128 Å². The normalized spacial score (nSPS) is 10.4. The number of rotatable bonds is 5. The van der Waals surface area contributed by atoms with Crippen LogP contribution < -0.4 is 5.32 Å². The second kappa shape index (κ2) is 7.13. The van der Waals surface area contributed by atoms with Gasteiger partial charge in [0.15, 0.2) is 0 Å². The molecule has 0 fully saturated rings. The number of alkyl halides is 1. The van der Waals surface area contributed by atoms with Crippen molar-refractivity contribution in [2.24, 2.45) is 0 Å². The van der Waals surface area contributed by atoms with Crippen molar-refractivity contribution in [1.82, 2.24) is 15.2 Å². The van der Waals surface area contributed by atoms with Gasteiger partial charge in [-0.05, 0) is 30.5 Å². The summed E-state index contributed by atoms with van der Waals surface area (Å²) < 4.78 is 0. The standard InChI is InChI=1S/C15H17ClN4O/c1-3-12-13(4-2)19-20-15(17-12)18-14(21)11-7-5-10(9-16)6-8-11/h5-8H,3-4,9H2,1-2H3,(H,17,18,20,21). The van der Waals surface area contributed by atoms with Crippen LogP contribution in [0.3, 0.4) is 0 Å². The number of carbonyl (C=O) groups is 1. The highest BCUT2D eigenvalue weighted by atomic mass is 35.5. The Balaban J connectivity index is 2.14. The summed E-state index contributed by atoms with van der Waals surface area (Å²) in [5.41, 5.74) is 3.22. The second-order valence-corrected chi connectivity index (χ2v) is 4.79. The molecule has 0 aliphatic rings. The van der Waals surface area contributed by atoms with Crippen LogP contribution >= 0.6 is 11.6 Å². The Kier molecular flexibility index (Phi) is 5.22. The van der Waals surface area contributed by atoms with Crippen molar-refractivity contribution in [1.29, 1.82) is 0 Å². The zero-order chi connectivity index (χ0) is 15.2. The number of aromatic nitrogens is 3. The third-order valence-corrected chi connectivity index (χ3v) is 3.41. The first kappa shape index (κ1) is 15.4. The van der Waals surface area contributed by atoms with Gasteiger partial charge in [-0.25, -0.2) is 4.98 Å². The number of nitrogens with one attached hydrogen (secondary N) is 1. The first-order valence-electron chi connectivity index (χ1n) is 6.86. The molecule has 1 heterocycles. The van der Waals surface area contributed by atoms with E-state index in [1.54, 1.807) is 12.1 Å². The fourth-order valence-electron chi connectivity index (χ4n) is 1.91. The second-order valence-electron chi connectivity index (χ2n) is 4.52. The van der Waals surface area contributed by atoms with Gasteiger partial charge in [0, 0.05) is 11.4 Å². The van der Waals surface area contributed by atoms with Crippen molar-refractivity contribution in [2.45, 2.75) is 32.6 Å². The van der Waals surface area contributed by atoms with Gasteiger partial charge in [0.05, 0.1) is 11.4 Å². The lowest BCUT2D eigenvalue weighted by atomic mass is 10.1. The number of hydrogen-bond donors (Lipinski definition) is 1. The smallest absolute Gasteiger partial charge is 0.258 e. The maximum atomic E-state index is 12.1. The monoisotopic (exact) mass is 304 g/mol. The van der Waals surface area contributed by atoms with E-state index in [9.17, 15) is 4.79 Å². The van der Waals surface area contributed by atoms with Crippen molar-refractivity contribution in [3.05, 3.63) is 46.8 Å². The number of benzene rings is 1. The summed E-state index contributed by atoms with van der Waals surface area (Å²) in [5.74, 6) is 0.396. The highest BCUT2D eigenvalue weighted by Gasteiger charge is 2.10. The molecule has 0 spiro atoms. The highest BCUT2D eigenvalue weighted by Crippen LogP contribution is 2.10. The van der Waals surface area contributed by atoms with E-state index in [4.69, 9.17) is 11.6 Å². The van der Waals surface area contributed by atoms with Crippen LogP contribution in [0, 0.1) is 0 Å². The van der Waals surface area contributed by atoms with Crippen LogP contribution in [0.5, 0.6) is 0 Å². The molecular weight excluding hydrogens is 288 g/mol. The maximum Gasteiger partial charge on any atom is 0.258 e. The third-order valence-electron chi connectivity index (χ3n) is 3.10. The van der Waals surface area contributed by atoms with Crippen molar-refractivity contribution in [3.8, 4) is 0 Å². The summed E-state index contributed by atoms with van der Waals surface area (Å²) >= 11 is 5.72. The van der Waals surface area contributed by atoms with Crippen molar-refractivity contribution >= 4 is 23.5 Å². The lowest BCUT2D eigenvalue weighted by molar-refractivity contribution is 0.102. The molecule has 5 nitrogen and oxygen atoms in total. The van der Waals surface area contributed by atoms with Gasteiger partial charge in [-0.15, -0.1) is 21.8 Å². The minimum Gasteiger partial charge on any atom is -0.289 e. The molecule has 0 unspecified atom stereocenters. The van der Waals surface area contributed by atoms with E-state index in [1.807, 2.05) is 26.0 Å². The molecule has 0 saturated heterocycles. The van der Waals surface area contributed by atoms with E-state index in [1.165, 1.54) is 0 Å². The van der Waals surface area contributed by atoms with Crippen molar-refractivity contribution < 1.29 is 4.79 Å². The molecule has 1 amide bonds. The van der Waals surface area contributed by atoms with E-state index in [0.717, 1.165) is 29.8 Å². The molecule has 0 bridgehead atoms. The molecule has 0 radical (unpaired) electrons. The number of carbonyl (C=O) groups excluding carboxylic acids is 1. The summed E-state index contributed by atoms with van der Waals surface area (Å²) in [4.78, 5) is 16.5. The topological polar surface area (TPSA) is 67.8 Å². The first-order valence-corrected chi connectivity index (χ1v) is 7.40. The van der Waals surface area contributed by atoms with E-state index in [-0.39, 0.29) is 11.9 Å². The number of hydrogen-bond acceptors (Lipinski definition) is 4. The Morgan fingerprint density at radius 1 is 1.10 bits per heavy atom. The molecular formula is C15H17ClN4O. The number of halogens is 1. The Hall–Kier alpha value is -2.01. The van der Waals surface area contributed by atoms with Crippen molar-refractivity contribution in [3.63, 3.8) is 0 Å². The van der Waals surface area contributed by atoms with Gasteiger partial charge >= 0.3 is 0 Å². The molecule has 0 aliphatic carbocycles. The molecule has 1 aromatic heterocycles. The summed E-state index contributed by atoms with van der Waals surface area (Å²) in [6, 6.07) is 7.08. The molecule has 1 aromatic carbocycles. The lowest BCUT2D eigenvalue weighted by Gasteiger charge is -2.07. The average Bonchev–Trinajstić information content (AvgIpc) is 2.54. The van der Waals surface area contributed by atoms with Crippen LogP contribution in [-0.4, -0.2) is 21.1 Å². The number of aryl methyl sites for hydroxylation is 2. The lowest BCUT2D eigenvalue weighted by Crippen LogP contribution is -2.16. The van der Waals surface area contributed by atoms with Crippen molar-refractivity contribution in [2.75, 3.05) is 5.32 Å². The number of amides is 1. The van der Waals surface area contributed by atoms with E-state index >= 15 is 0 Å². The molecule has 6 heteroatoms. The van der Waals surface area contributed by atoms with Gasteiger partial charge in [-0.1, -0.05) is 26.0 Å². The SMILES string of the molecule is CCc1nnc(NC(=O)c2ccc(CCl)cc2)nc1CC. The number of anilines is 1. The third kappa shape index (κ3) is 3.76. The van der Waals surface area contributed by atoms with Gasteiger partial charge in [-0.2, -0.15) is 0 Å². The summed E-state index contributed by atoms with van der Waals surface area (Å²) in [5, 5.41) is 10.7. The van der Waals surface area contributed by atoms with Crippen LogP contribution in [-0.2, 0) is 18.7 Å². The van der Waals surface area contributed by atoms with Crippen LogP contribution in [0.25, 0.3) is 0 Å². The average molecular weight is 305 g/mol. The fourth-order valence-corrected chi connectivity index (χ4v) is 2.09. The maximum absolute atomic E-state index is 12.1. The Morgan fingerprint density at radius 2 is 1.76 bits per heavy atom. The molecule has 2 aromatic rings. The Morgan fingerprint density at radius 3 is 2.33 bits per heavy atom.